The Morgan fingerprint density at radius 2 is 2.06 bits per heavy atom. The number of thioether (sulfide) groups is 1. The minimum atomic E-state index is 0.227. The minimum absolute atomic E-state index is 0.227. The van der Waals surface area contributed by atoms with Crippen molar-refractivity contribution in [2.45, 2.75) is 44.2 Å². The first-order valence-electron chi connectivity index (χ1n) is 5.97. The van der Waals surface area contributed by atoms with E-state index < -0.39 is 0 Å². The minimum Gasteiger partial charge on any atom is -0.312 e. The van der Waals surface area contributed by atoms with Crippen LogP contribution in [0.3, 0.4) is 0 Å². The van der Waals surface area contributed by atoms with Gasteiger partial charge < -0.3 is 5.32 Å². The van der Waals surface area contributed by atoms with Gasteiger partial charge in [0, 0.05) is 11.7 Å². The van der Waals surface area contributed by atoms with Gasteiger partial charge in [0.25, 0.3) is 0 Å². The smallest absolute Gasteiger partial charge is 0.0960 e. The maximum atomic E-state index is 5.78. The van der Waals surface area contributed by atoms with Gasteiger partial charge in [-0.05, 0) is 58.0 Å². The standard InChI is InChI=1S/C13H21ClN2S/c1-13(2,3)16-8-4-5-9-17-12-7-6-11(14)10-15-12/h6-7,10,16H,4-5,8-9H2,1-3H3. The Kier molecular flexibility index (Phi) is 6.31. The molecule has 0 radical (unpaired) electrons. The fourth-order valence-electron chi connectivity index (χ4n) is 1.31. The molecule has 0 aliphatic heterocycles. The van der Waals surface area contributed by atoms with E-state index in [4.69, 9.17) is 11.6 Å². The zero-order valence-electron chi connectivity index (χ0n) is 10.8. The molecule has 1 aromatic heterocycles. The summed E-state index contributed by atoms with van der Waals surface area (Å²) in [5.41, 5.74) is 0.227. The van der Waals surface area contributed by atoms with E-state index in [-0.39, 0.29) is 5.54 Å². The molecule has 17 heavy (non-hydrogen) atoms. The molecule has 0 aliphatic carbocycles. The summed E-state index contributed by atoms with van der Waals surface area (Å²) in [6, 6.07) is 3.86. The van der Waals surface area contributed by atoms with Crippen molar-refractivity contribution in [2.75, 3.05) is 12.3 Å². The van der Waals surface area contributed by atoms with E-state index in [1.54, 1.807) is 18.0 Å². The molecule has 1 heterocycles. The summed E-state index contributed by atoms with van der Waals surface area (Å²) in [5.74, 6) is 1.11. The second-order valence-corrected chi connectivity index (χ2v) is 6.60. The third-order valence-electron chi connectivity index (χ3n) is 2.18. The topological polar surface area (TPSA) is 24.9 Å². The Labute approximate surface area is 114 Å². The number of unbranched alkanes of at least 4 members (excludes halogenated alkanes) is 1. The Morgan fingerprint density at radius 1 is 1.29 bits per heavy atom. The second-order valence-electron chi connectivity index (χ2n) is 5.05. The summed E-state index contributed by atoms with van der Waals surface area (Å²) in [6.07, 6.45) is 4.11. The molecule has 0 atom stereocenters. The van der Waals surface area contributed by atoms with Crippen LogP contribution in [0.4, 0.5) is 0 Å². The average Bonchev–Trinajstić information content (AvgIpc) is 2.24. The van der Waals surface area contributed by atoms with Crippen LogP contribution < -0.4 is 5.32 Å². The van der Waals surface area contributed by atoms with Crippen LogP contribution in [-0.4, -0.2) is 22.8 Å². The molecule has 1 aromatic rings. The predicted octanol–water partition coefficient (Wildman–Crippen LogP) is 4.00. The molecule has 0 aliphatic rings. The average molecular weight is 273 g/mol. The van der Waals surface area contributed by atoms with E-state index in [0.29, 0.717) is 5.02 Å². The number of nitrogens with zero attached hydrogens (tertiary/aromatic N) is 1. The molecule has 1 rings (SSSR count). The van der Waals surface area contributed by atoms with Gasteiger partial charge in [0.05, 0.1) is 10.0 Å². The van der Waals surface area contributed by atoms with Crippen molar-refractivity contribution in [3.63, 3.8) is 0 Å². The zero-order valence-corrected chi connectivity index (χ0v) is 12.4. The summed E-state index contributed by atoms with van der Waals surface area (Å²) in [7, 11) is 0. The Bertz CT molecular complexity index is 319. The first-order valence-corrected chi connectivity index (χ1v) is 7.33. The van der Waals surface area contributed by atoms with Crippen LogP contribution >= 0.6 is 23.4 Å². The molecule has 0 fully saturated rings. The molecule has 0 unspecified atom stereocenters. The highest BCUT2D eigenvalue weighted by Crippen LogP contribution is 2.18. The van der Waals surface area contributed by atoms with Crippen LogP contribution in [0.15, 0.2) is 23.4 Å². The number of rotatable bonds is 6. The van der Waals surface area contributed by atoms with Gasteiger partial charge in [-0.15, -0.1) is 11.8 Å². The summed E-state index contributed by atoms with van der Waals surface area (Å²) in [4.78, 5) is 4.25. The molecule has 4 heteroatoms. The summed E-state index contributed by atoms with van der Waals surface area (Å²) in [5, 5.41) is 5.24. The van der Waals surface area contributed by atoms with E-state index in [2.05, 4.69) is 31.1 Å². The summed E-state index contributed by atoms with van der Waals surface area (Å²) >= 11 is 7.57. The van der Waals surface area contributed by atoms with Crippen molar-refractivity contribution >= 4 is 23.4 Å². The Balaban J connectivity index is 2.07. The molecule has 0 saturated carbocycles. The van der Waals surface area contributed by atoms with Crippen LogP contribution in [-0.2, 0) is 0 Å². The van der Waals surface area contributed by atoms with Crippen LogP contribution in [0.5, 0.6) is 0 Å². The summed E-state index contributed by atoms with van der Waals surface area (Å²) in [6.45, 7) is 7.66. The van der Waals surface area contributed by atoms with Gasteiger partial charge in [0.2, 0.25) is 0 Å². The largest absolute Gasteiger partial charge is 0.312 e. The number of nitrogens with one attached hydrogen (secondary N) is 1. The van der Waals surface area contributed by atoms with Crippen molar-refractivity contribution in [1.29, 1.82) is 0 Å². The van der Waals surface area contributed by atoms with Crippen LogP contribution in [0.25, 0.3) is 0 Å². The van der Waals surface area contributed by atoms with E-state index in [9.17, 15) is 0 Å². The van der Waals surface area contributed by atoms with Crippen molar-refractivity contribution in [2.24, 2.45) is 0 Å². The van der Waals surface area contributed by atoms with E-state index in [0.717, 1.165) is 17.3 Å². The highest BCUT2D eigenvalue weighted by Gasteiger charge is 2.06. The highest BCUT2D eigenvalue weighted by molar-refractivity contribution is 7.99. The van der Waals surface area contributed by atoms with Crippen LogP contribution in [0.2, 0.25) is 5.02 Å². The van der Waals surface area contributed by atoms with Crippen LogP contribution in [0.1, 0.15) is 33.6 Å². The van der Waals surface area contributed by atoms with Crippen molar-refractivity contribution < 1.29 is 0 Å². The lowest BCUT2D eigenvalue weighted by atomic mass is 10.1. The van der Waals surface area contributed by atoms with Crippen molar-refractivity contribution in [3.05, 3.63) is 23.4 Å². The monoisotopic (exact) mass is 272 g/mol. The number of aromatic nitrogens is 1. The molecule has 96 valence electrons. The summed E-state index contributed by atoms with van der Waals surface area (Å²) < 4.78 is 0. The maximum absolute atomic E-state index is 5.78. The molecule has 0 aromatic carbocycles. The number of pyridine rings is 1. The van der Waals surface area contributed by atoms with Gasteiger partial charge >= 0.3 is 0 Å². The van der Waals surface area contributed by atoms with E-state index in [1.165, 1.54) is 12.8 Å². The molecule has 0 saturated heterocycles. The van der Waals surface area contributed by atoms with Gasteiger partial charge in [-0.2, -0.15) is 0 Å². The fraction of sp³-hybridized carbons (Fsp3) is 0.615. The highest BCUT2D eigenvalue weighted by atomic mass is 35.5. The third-order valence-corrected chi connectivity index (χ3v) is 3.43. The first-order chi connectivity index (χ1) is 7.97. The van der Waals surface area contributed by atoms with Gasteiger partial charge in [-0.1, -0.05) is 11.6 Å². The van der Waals surface area contributed by atoms with Gasteiger partial charge in [-0.3, -0.25) is 0 Å². The molecule has 0 bridgehead atoms. The first kappa shape index (κ1) is 14.8. The van der Waals surface area contributed by atoms with Gasteiger partial charge in [0.15, 0.2) is 0 Å². The Hall–Kier alpha value is -0.250. The van der Waals surface area contributed by atoms with E-state index >= 15 is 0 Å². The van der Waals surface area contributed by atoms with Crippen LogP contribution in [0, 0.1) is 0 Å². The molecule has 0 spiro atoms. The fourth-order valence-corrected chi connectivity index (χ4v) is 2.28. The van der Waals surface area contributed by atoms with Gasteiger partial charge in [0.1, 0.15) is 0 Å². The molecular formula is C13H21ClN2S. The molecule has 1 N–H and O–H groups in total. The molecule has 2 nitrogen and oxygen atoms in total. The lowest BCUT2D eigenvalue weighted by molar-refractivity contribution is 0.421. The van der Waals surface area contributed by atoms with E-state index in [1.807, 2.05) is 12.1 Å². The lowest BCUT2D eigenvalue weighted by Crippen LogP contribution is -2.36. The molecular weight excluding hydrogens is 252 g/mol. The van der Waals surface area contributed by atoms with Crippen molar-refractivity contribution in [1.82, 2.24) is 10.3 Å². The maximum Gasteiger partial charge on any atom is 0.0960 e. The normalized spacial score (nSPS) is 11.8. The Morgan fingerprint density at radius 3 is 2.65 bits per heavy atom. The number of hydrogen-bond donors (Lipinski definition) is 1. The SMILES string of the molecule is CC(C)(C)NCCCCSc1ccc(Cl)cn1. The number of hydrogen-bond acceptors (Lipinski definition) is 3. The second kappa shape index (κ2) is 7.24. The lowest BCUT2D eigenvalue weighted by Gasteiger charge is -2.20. The predicted molar refractivity (Wildman–Crippen MR) is 77.0 cm³/mol. The van der Waals surface area contributed by atoms with Gasteiger partial charge in [-0.25, -0.2) is 4.98 Å². The third kappa shape index (κ3) is 7.63. The van der Waals surface area contributed by atoms with Crippen molar-refractivity contribution in [3.8, 4) is 0 Å². The molecule has 0 amide bonds. The zero-order chi connectivity index (χ0) is 12.7. The number of halogens is 1. The quantitative estimate of drug-likeness (QED) is 0.626.